The van der Waals surface area contributed by atoms with Crippen molar-refractivity contribution in [1.29, 1.82) is 0 Å². The standard InChI is InChI=1S/C29H36FN7O4S/c1-35-11-13-36(14-12-35)22-5-6-24(27(18-22)31-21-8-15-41-16-9-21)29(38)32-28-25-19-37(10-7-26(25)33-34-28)42(39,40)23-4-2-3-20(30)17-23/h2-6,17-18,21,31H,7-16,19H2,1H3,(H2,32,33,34,38). The quantitative estimate of drug-likeness (QED) is 0.380. The summed E-state index contributed by atoms with van der Waals surface area (Å²) in [5, 5.41) is 13.8. The lowest BCUT2D eigenvalue weighted by molar-refractivity contribution is 0.0904. The highest BCUT2D eigenvalue weighted by Crippen LogP contribution is 2.31. The van der Waals surface area contributed by atoms with E-state index in [4.69, 9.17) is 4.74 Å². The summed E-state index contributed by atoms with van der Waals surface area (Å²) < 4.78 is 47.1. The van der Waals surface area contributed by atoms with Crippen LogP contribution in [0, 0.1) is 5.82 Å². The topological polar surface area (TPSA) is 123 Å². The van der Waals surface area contributed by atoms with Gasteiger partial charge in [-0.3, -0.25) is 9.89 Å². The Hall–Kier alpha value is -3.52. The number of nitrogens with zero attached hydrogens (tertiary/aromatic N) is 4. The van der Waals surface area contributed by atoms with E-state index in [-0.39, 0.29) is 35.8 Å². The highest BCUT2D eigenvalue weighted by Gasteiger charge is 2.32. The SMILES string of the molecule is CN1CCN(c2ccc(C(=O)Nc3n[nH]c4c3CN(S(=O)(=O)c3cccc(F)c3)CC4)c(NC3CCOCC3)c2)CC1. The van der Waals surface area contributed by atoms with Gasteiger partial charge in [0.1, 0.15) is 5.82 Å². The fraction of sp³-hybridized carbons (Fsp3) is 0.448. The zero-order valence-electron chi connectivity index (χ0n) is 23.6. The summed E-state index contributed by atoms with van der Waals surface area (Å²) in [6.45, 7) is 5.34. The molecule has 0 spiro atoms. The largest absolute Gasteiger partial charge is 0.381 e. The number of carbonyl (C=O) groups excluding carboxylic acids is 1. The summed E-state index contributed by atoms with van der Waals surface area (Å²) >= 11 is 0. The molecule has 0 aliphatic carbocycles. The second-order valence-electron chi connectivity index (χ2n) is 11.1. The average molecular weight is 598 g/mol. The van der Waals surface area contributed by atoms with Crippen LogP contribution in [0.25, 0.3) is 0 Å². The molecule has 6 rings (SSSR count). The first-order valence-electron chi connectivity index (χ1n) is 14.3. The van der Waals surface area contributed by atoms with Gasteiger partial charge in [-0.15, -0.1) is 0 Å². The lowest BCUT2D eigenvalue weighted by Gasteiger charge is -2.34. The first-order chi connectivity index (χ1) is 20.3. The molecule has 11 nitrogen and oxygen atoms in total. The van der Waals surface area contributed by atoms with Gasteiger partial charge >= 0.3 is 0 Å². The summed E-state index contributed by atoms with van der Waals surface area (Å²) in [6.07, 6.45) is 2.09. The zero-order chi connectivity index (χ0) is 29.3. The van der Waals surface area contributed by atoms with Crippen molar-refractivity contribution in [2.75, 3.05) is 68.5 Å². The molecule has 3 aliphatic rings. The van der Waals surface area contributed by atoms with Gasteiger partial charge in [-0.25, -0.2) is 12.8 Å². The Morgan fingerprint density at radius 1 is 1.07 bits per heavy atom. The third-order valence-corrected chi connectivity index (χ3v) is 10.1. The second kappa shape index (κ2) is 12.0. The molecule has 0 bridgehead atoms. The van der Waals surface area contributed by atoms with Crippen LogP contribution >= 0.6 is 0 Å². The number of aromatic nitrogens is 2. The lowest BCUT2D eigenvalue weighted by atomic mass is 10.1. The molecule has 0 saturated carbocycles. The molecule has 0 unspecified atom stereocenters. The number of likely N-dealkylation sites (N-methyl/N-ethyl adjacent to an activating group) is 1. The number of nitrogens with one attached hydrogen (secondary N) is 3. The number of rotatable bonds is 7. The van der Waals surface area contributed by atoms with Crippen LogP contribution in [0.2, 0.25) is 0 Å². The first kappa shape index (κ1) is 28.6. The van der Waals surface area contributed by atoms with E-state index in [9.17, 15) is 17.6 Å². The van der Waals surface area contributed by atoms with E-state index in [1.165, 1.54) is 22.5 Å². The molecule has 3 N–H and O–H groups in total. The predicted molar refractivity (Wildman–Crippen MR) is 158 cm³/mol. The van der Waals surface area contributed by atoms with Crippen LogP contribution in [-0.4, -0.2) is 92.8 Å². The molecule has 0 atom stereocenters. The van der Waals surface area contributed by atoms with Crippen molar-refractivity contribution in [3.05, 3.63) is 65.1 Å². The van der Waals surface area contributed by atoms with Crippen LogP contribution in [0.4, 0.5) is 21.6 Å². The summed E-state index contributed by atoms with van der Waals surface area (Å²) in [7, 11) is -1.82. The van der Waals surface area contributed by atoms with E-state index in [0.29, 0.717) is 30.8 Å². The van der Waals surface area contributed by atoms with Crippen molar-refractivity contribution in [2.45, 2.75) is 36.7 Å². The molecule has 3 aliphatic heterocycles. The highest BCUT2D eigenvalue weighted by molar-refractivity contribution is 7.89. The van der Waals surface area contributed by atoms with Gasteiger partial charge in [-0.1, -0.05) is 6.07 Å². The molecule has 224 valence electrons. The number of amides is 1. The minimum Gasteiger partial charge on any atom is -0.381 e. The number of fused-ring (bicyclic) bond motifs is 1. The Morgan fingerprint density at radius 3 is 2.62 bits per heavy atom. The van der Waals surface area contributed by atoms with E-state index < -0.39 is 15.8 Å². The predicted octanol–water partition coefficient (Wildman–Crippen LogP) is 2.89. The molecule has 42 heavy (non-hydrogen) atoms. The van der Waals surface area contributed by atoms with E-state index in [1.54, 1.807) is 0 Å². The third kappa shape index (κ3) is 6.00. The number of halogens is 1. The Bertz CT molecular complexity index is 1550. The Morgan fingerprint density at radius 2 is 1.86 bits per heavy atom. The maximum Gasteiger partial charge on any atom is 0.258 e. The molecular formula is C29H36FN7O4S. The first-order valence-corrected chi connectivity index (χ1v) is 15.8. The third-order valence-electron chi connectivity index (χ3n) is 8.26. The van der Waals surface area contributed by atoms with Crippen LogP contribution in [0.5, 0.6) is 0 Å². The fourth-order valence-corrected chi connectivity index (χ4v) is 7.14. The number of piperazine rings is 1. The van der Waals surface area contributed by atoms with Crippen molar-refractivity contribution in [3.63, 3.8) is 0 Å². The van der Waals surface area contributed by atoms with Crippen molar-refractivity contribution in [3.8, 4) is 0 Å². The van der Waals surface area contributed by atoms with Gasteiger partial charge in [0.2, 0.25) is 10.0 Å². The smallest absolute Gasteiger partial charge is 0.258 e. The molecule has 1 aromatic heterocycles. The van der Waals surface area contributed by atoms with Gasteiger partial charge < -0.3 is 25.2 Å². The Labute approximate surface area is 245 Å². The Balaban J connectivity index is 1.24. The van der Waals surface area contributed by atoms with Crippen molar-refractivity contribution < 1.29 is 22.3 Å². The molecule has 2 saturated heterocycles. The van der Waals surface area contributed by atoms with Crippen LogP contribution in [0.1, 0.15) is 34.5 Å². The fourth-order valence-electron chi connectivity index (χ4n) is 5.70. The molecule has 1 amide bonds. The number of sulfonamides is 1. The van der Waals surface area contributed by atoms with Crippen LogP contribution < -0.4 is 15.5 Å². The number of anilines is 3. The number of hydrogen-bond acceptors (Lipinski definition) is 8. The van der Waals surface area contributed by atoms with Gasteiger partial charge in [-0.2, -0.15) is 9.40 Å². The van der Waals surface area contributed by atoms with E-state index in [0.717, 1.165) is 62.2 Å². The molecular weight excluding hydrogens is 561 g/mol. The van der Waals surface area contributed by atoms with Crippen molar-refractivity contribution in [2.24, 2.45) is 0 Å². The van der Waals surface area contributed by atoms with Gasteiger partial charge in [0.05, 0.1) is 10.5 Å². The van der Waals surface area contributed by atoms with Gasteiger partial charge in [0.25, 0.3) is 5.91 Å². The van der Waals surface area contributed by atoms with Gasteiger partial charge in [0, 0.05) is 87.6 Å². The molecule has 13 heteroatoms. The lowest BCUT2D eigenvalue weighted by Crippen LogP contribution is -2.44. The molecule has 3 aromatic rings. The summed E-state index contributed by atoms with van der Waals surface area (Å²) in [5.41, 5.74) is 3.65. The van der Waals surface area contributed by atoms with E-state index in [1.807, 2.05) is 18.2 Å². The molecule has 2 aromatic carbocycles. The number of H-pyrrole nitrogens is 1. The maximum absolute atomic E-state index is 13.8. The summed E-state index contributed by atoms with van der Waals surface area (Å²) in [4.78, 5) is 18.2. The minimum absolute atomic E-state index is 0.00974. The number of benzene rings is 2. The van der Waals surface area contributed by atoms with E-state index >= 15 is 0 Å². The normalized spacial score (nSPS) is 19.0. The number of ether oxygens (including phenoxy) is 1. The summed E-state index contributed by atoms with van der Waals surface area (Å²) in [5.74, 6) is -0.669. The van der Waals surface area contributed by atoms with E-state index in [2.05, 4.69) is 37.7 Å². The van der Waals surface area contributed by atoms with Gasteiger partial charge in [0.15, 0.2) is 5.82 Å². The zero-order valence-corrected chi connectivity index (χ0v) is 24.4. The Kier molecular flexibility index (Phi) is 8.17. The molecule has 4 heterocycles. The highest BCUT2D eigenvalue weighted by atomic mass is 32.2. The molecule has 0 radical (unpaired) electrons. The second-order valence-corrected chi connectivity index (χ2v) is 13.0. The maximum atomic E-state index is 13.8. The number of aromatic amines is 1. The van der Waals surface area contributed by atoms with Gasteiger partial charge in [-0.05, 0) is 56.3 Å². The summed E-state index contributed by atoms with van der Waals surface area (Å²) in [6, 6.07) is 11.0. The number of carbonyl (C=O) groups is 1. The minimum atomic E-state index is -3.93. The number of hydrogen-bond donors (Lipinski definition) is 3. The van der Waals surface area contributed by atoms with Crippen molar-refractivity contribution in [1.82, 2.24) is 19.4 Å². The average Bonchev–Trinajstić information content (AvgIpc) is 3.40. The van der Waals surface area contributed by atoms with Crippen LogP contribution in [-0.2, 0) is 27.7 Å². The monoisotopic (exact) mass is 597 g/mol. The van der Waals surface area contributed by atoms with Crippen molar-refractivity contribution >= 4 is 33.1 Å². The van der Waals surface area contributed by atoms with Crippen LogP contribution in [0.3, 0.4) is 0 Å². The molecule has 2 fully saturated rings. The van der Waals surface area contributed by atoms with Crippen LogP contribution in [0.15, 0.2) is 47.4 Å².